The number of hydrogen-bond acceptors (Lipinski definition) is 4. The van der Waals surface area contributed by atoms with E-state index in [-0.39, 0.29) is 18.7 Å². The maximum Gasteiger partial charge on any atom is 0.303 e. The Balaban J connectivity index is 2.71. The number of aliphatic carboxylic acids is 1. The summed E-state index contributed by atoms with van der Waals surface area (Å²) in [6.45, 7) is 3.22. The molecule has 1 unspecified atom stereocenters. The van der Waals surface area contributed by atoms with Crippen LogP contribution in [0.1, 0.15) is 25.3 Å². The SMILES string of the molecule is CC(=O)Nc1cc(NC(=O)C(N)CCC(=O)O)ccc1C. The average Bonchev–Trinajstić information content (AvgIpc) is 2.39. The number of benzene rings is 1. The van der Waals surface area contributed by atoms with Crippen LogP contribution in [0.4, 0.5) is 11.4 Å². The van der Waals surface area contributed by atoms with Crippen molar-refractivity contribution >= 4 is 29.2 Å². The topological polar surface area (TPSA) is 122 Å². The average molecular weight is 293 g/mol. The second-order valence-electron chi connectivity index (χ2n) is 4.74. The van der Waals surface area contributed by atoms with Gasteiger partial charge in [-0.2, -0.15) is 0 Å². The zero-order chi connectivity index (χ0) is 16.0. The van der Waals surface area contributed by atoms with Crippen LogP contribution in [-0.4, -0.2) is 28.9 Å². The summed E-state index contributed by atoms with van der Waals surface area (Å²) < 4.78 is 0. The summed E-state index contributed by atoms with van der Waals surface area (Å²) in [5.74, 6) is -1.67. The third-order valence-corrected chi connectivity index (χ3v) is 2.82. The second-order valence-corrected chi connectivity index (χ2v) is 4.74. The van der Waals surface area contributed by atoms with Gasteiger partial charge in [0.05, 0.1) is 6.04 Å². The lowest BCUT2D eigenvalue weighted by atomic mass is 10.1. The highest BCUT2D eigenvalue weighted by atomic mass is 16.4. The molecule has 21 heavy (non-hydrogen) atoms. The highest BCUT2D eigenvalue weighted by Crippen LogP contribution is 2.20. The van der Waals surface area contributed by atoms with Crippen molar-refractivity contribution in [1.82, 2.24) is 0 Å². The molecular weight excluding hydrogens is 274 g/mol. The number of carbonyl (C=O) groups excluding carboxylic acids is 2. The van der Waals surface area contributed by atoms with Crippen LogP contribution >= 0.6 is 0 Å². The van der Waals surface area contributed by atoms with Crippen molar-refractivity contribution in [1.29, 1.82) is 0 Å². The maximum atomic E-state index is 11.8. The Hall–Kier alpha value is -2.41. The molecule has 7 nitrogen and oxygen atoms in total. The van der Waals surface area contributed by atoms with E-state index in [0.717, 1.165) is 5.56 Å². The lowest BCUT2D eigenvalue weighted by Crippen LogP contribution is -2.36. The molecule has 1 aromatic carbocycles. The van der Waals surface area contributed by atoms with E-state index in [2.05, 4.69) is 10.6 Å². The maximum absolute atomic E-state index is 11.8. The molecule has 0 bridgehead atoms. The molecule has 0 aromatic heterocycles. The molecule has 1 atom stereocenters. The first-order valence-electron chi connectivity index (χ1n) is 6.46. The Kier molecular flexibility index (Phi) is 5.86. The van der Waals surface area contributed by atoms with Crippen LogP contribution in [0.15, 0.2) is 18.2 Å². The van der Waals surface area contributed by atoms with E-state index >= 15 is 0 Å². The molecule has 114 valence electrons. The van der Waals surface area contributed by atoms with E-state index in [1.807, 2.05) is 6.92 Å². The molecule has 1 rings (SSSR count). The van der Waals surface area contributed by atoms with E-state index in [0.29, 0.717) is 11.4 Å². The van der Waals surface area contributed by atoms with Gasteiger partial charge in [-0.15, -0.1) is 0 Å². The molecule has 5 N–H and O–H groups in total. The normalized spacial score (nSPS) is 11.6. The van der Waals surface area contributed by atoms with E-state index in [1.54, 1.807) is 18.2 Å². The van der Waals surface area contributed by atoms with Crippen LogP contribution in [0.3, 0.4) is 0 Å². The first-order chi connectivity index (χ1) is 9.79. The van der Waals surface area contributed by atoms with Gasteiger partial charge in [-0.3, -0.25) is 14.4 Å². The number of carboxylic acid groups (broad SMARTS) is 1. The predicted octanol–water partition coefficient (Wildman–Crippen LogP) is 1.08. The minimum Gasteiger partial charge on any atom is -0.481 e. The van der Waals surface area contributed by atoms with Gasteiger partial charge in [0.15, 0.2) is 0 Å². The van der Waals surface area contributed by atoms with Crippen LogP contribution in [-0.2, 0) is 14.4 Å². The number of rotatable bonds is 6. The third kappa shape index (κ3) is 5.62. The highest BCUT2D eigenvalue weighted by Gasteiger charge is 2.15. The van der Waals surface area contributed by atoms with Gasteiger partial charge >= 0.3 is 5.97 Å². The van der Waals surface area contributed by atoms with Crippen LogP contribution < -0.4 is 16.4 Å². The Morgan fingerprint density at radius 2 is 1.95 bits per heavy atom. The quantitative estimate of drug-likeness (QED) is 0.625. The summed E-state index contributed by atoms with van der Waals surface area (Å²) in [5.41, 5.74) is 7.56. The van der Waals surface area contributed by atoms with Crippen molar-refractivity contribution in [3.05, 3.63) is 23.8 Å². The molecule has 0 fully saturated rings. The molecule has 1 aromatic rings. The molecular formula is C14H19N3O4. The number of nitrogens with two attached hydrogens (primary N) is 1. The molecule has 0 heterocycles. The van der Waals surface area contributed by atoms with Gasteiger partial charge in [-0.05, 0) is 31.0 Å². The summed E-state index contributed by atoms with van der Waals surface area (Å²) in [6.07, 6.45) is -0.106. The van der Waals surface area contributed by atoms with Crippen molar-refractivity contribution in [3.63, 3.8) is 0 Å². The molecule has 0 radical (unpaired) electrons. The summed E-state index contributed by atoms with van der Waals surface area (Å²) in [4.78, 5) is 33.4. The van der Waals surface area contributed by atoms with Crippen molar-refractivity contribution in [2.24, 2.45) is 5.73 Å². The fraction of sp³-hybridized carbons (Fsp3) is 0.357. The molecule has 0 aliphatic heterocycles. The van der Waals surface area contributed by atoms with Crippen molar-refractivity contribution < 1.29 is 19.5 Å². The molecule has 7 heteroatoms. The standard InChI is InChI=1S/C14H19N3O4/c1-8-3-4-10(7-12(8)16-9(2)18)17-14(21)11(15)5-6-13(19)20/h3-4,7,11H,5-6,15H2,1-2H3,(H,16,18)(H,17,21)(H,19,20). The molecule has 0 saturated heterocycles. The van der Waals surface area contributed by atoms with E-state index in [9.17, 15) is 14.4 Å². The van der Waals surface area contributed by atoms with Crippen LogP contribution in [0.5, 0.6) is 0 Å². The molecule has 0 saturated carbocycles. The van der Waals surface area contributed by atoms with Gasteiger partial charge in [-0.25, -0.2) is 0 Å². The van der Waals surface area contributed by atoms with Crippen molar-refractivity contribution in [3.8, 4) is 0 Å². The zero-order valence-electron chi connectivity index (χ0n) is 12.0. The van der Waals surface area contributed by atoms with Gasteiger partial charge in [0.25, 0.3) is 0 Å². The Bertz CT molecular complexity index is 557. The van der Waals surface area contributed by atoms with Crippen LogP contribution in [0.25, 0.3) is 0 Å². The van der Waals surface area contributed by atoms with Gasteiger partial charge < -0.3 is 21.5 Å². The van der Waals surface area contributed by atoms with Gasteiger partial charge in [0, 0.05) is 24.7 Å². The molecule has 0 aliphatic rings. The zero-order valence-corrected chi connectivity index (χ0v) is 12.0. The van der Waals surface area contributed by atoms with E-state index in [4.69, 9.17) is 10.8 Å². The first-order valence-corrected chi connectivity index (χ1v) is 6.46. The van der Waals surface area contributed by atoms with Gasteiger partial charge in [0.2, 0.25) is 11.8 Å². The highest BCUT2D eigenvalue weighted by molar-refractivity contribution is 5.96. The number of amides is 2. The third-order valence-electron chi connectivity index (χ3n) is 2.82. The Labute approximate surface area is 122 Å². The Morgan fingerprint density at radius 1 is 1.29 bits per heavy atom. The lowest BCUT2D eigenvalue weighted by Gasteiger charge is -2.13. The number of aryl methyl sites for hydroxylation is 1. The van der Waals surface area contributed by atoms with Crippen LogP contribution in [0.2, 0.25) is 0 Å². The van der Waals surface area contributed by atoms with Gasteiger partial charge in [-0.1, -0.05) is 6.07 Å². The Morgan fingerprint density at radius 3 is 2.52 bits per heavy atom. The van der Waals surface area contributed by atoms with E-state index < -0.39 is 17.9 Å². The number of carbonyl (C=O) groups is 3. The molecule has 2 amide bonds. The lowest BCUT2D eigenvalue weighted by molar-refractivity contribution is -0.137. The van der Waals surface area contributed by atoms with Crippen molar-refractivity contribution in [2.45, 2.75) is 32.7 Å². The number of carboxylic acids is 1. The van der Waals surface area contributed by atoms with E-state index in [1.165, 1.54) is 6.92 Å². The second kappa shape index (κ2) is 7.39. The summed E-state index contributed by atoms with van der Waals surface area (Å²) in [5, 5.41) is 13.8. The fourth-order valence-corrected chi connectivity index (χ4v) is 1.67. The minimum absolute atomic E-state index is 0.0611. The summed E-state index contributed by atoms with van der Waals surface area (Å²) in [7, 11) is 0. The fourth-order valence-electron chi connectivity index (χ4n) is 1.67. The van der Waals surface area contributed by atoms with Crippen molar-refractivity contribution in [2.75, 3.05) is 10.6 Å². The minimum atomic E-state index is -0.999. The summed E-state index contributed by atoms with van der Waals surface area (Å²) >= 11 is 0. The number of nitrogens with one attached hydrogen (secondary N) is 2. The largest absolute Gasteiger partial charge is 0.481 e. The molecule has 0 aliphatic carbocycles. The predicted molar refractivity (Wildman–Crippen MR) is 79.0 cm³/mol. The smallest absolute Gasteiger partial charge is 0.303 e. The summed E-state index contributed by atoms with van der Waals surface area (Å²) in [6, 6.07) is 4.16. The molecule has 0 spiro atoms. The monoisotopic (exact) mass is 293 g/mol. The number of anilines is 2. The number of hydrogen-bond donors (Lipinski definition) is 4. The van der Waals surface area contributed by atoms with Crippen LogP contribution in [0, 0.1) is 6.92 Å². The first kappa shape index (κ1) is 16.6. The van der Waals surface area contributed by atoms with Gasteiger partial charge in [0.1, 0.15) is 0 Å².